The zero-order valence-corrected chi connectivity index (χ0v) is 13.2. The first-order chi connectivity index (χ1) is 10.3. The molecule has 2 aromatic heterocycles. The van der Waals surface area contributed by atoms with Crippen molar-refractivity contribution in [2.24, 2.45) is 0 Å². The summed E-state index contributed by atoms with van der Waals surface area (Å²) in [7, 11) is 1.60. The molecule has 3 rings (SSSR count). The normalized spacial score (nSPS) is 17.8. The number of hydrogen-bond acceptors (Lipinski definition) is 6. The van der Waals surface area contributed by atoms with Crippen molar-refractivity contribution in [1.29, 1.82) is 0 Å². The molecule has 0 aliphatic carbocycles. The molecule has 1 unspecified atom stereocenters. The zero-order chi connectivity index (χ0) is 14.7. The first kappa shape index (κ1) is 14.1. The second-order valence-electron chi connectivity index (χ2n) is 4.67. The Labute approximate surface area is 131 Å². The third kappa shape index (κ3) is 3.07. The van der Waals surface area contributed by atoms with Crippen LogP contribution in [-0.2, 0) is 0 Å². The van der Waals surface area contributed by atoms with E-state index in [9.17, 15) is 0 Å². The molecule has 110 valence electrons. The van der Waals surface area contributed by atoms with Gasteiger partial charge < -0.3 is 14.4 Å². The van der Waals surface area contributed by atoms with Crippen molar-refractivity contribution in [2.45, 2.75) is 12.5 Å². The Morgan fingerprint density at radius 2 is 2.14 bits per heavy atom. The van der Waals surface area contributed by atoms with Gasteiger partial charge in [-0.3, -0.25) is 4.98 Å². The van der Waals surface area contributed by atoms with E-state index in [0.717, 1.165) is 35.6 Å². The van der Waals surface area contributed by atoms with Gasteiger partial charge >= 0.3 is 0 Å². The van der Waals surface area contributed by atoms with Crippen LogP contribution in [0.3, 0.4) is 0 Å². The highest BCUT2D eigenvalue weighted by Crippen LogP contribution is 2.29. The van der Waals surface area contributed by atoms with E-state index in [-0.39, 0.29) is 6.10 Å². The van der Waals surface area contributed by atoms with E-state index in [0.29, 0.717) is 5.88 Å². The SMILES string of the molecule is COc1nccnc1N1CCC(Oc2ccncc2Br)C1. The van der Waals surface area contributed by atoms with Crippen molar-refractivity contribution in [2.75, 3.05) is 25.1 Å². The molecule has 0 bridgehead atoms. The lowest BCUT2D eigenvalue weighted by molar-refractivity contribution is 0.223. The van der Waals surface area contributed by atoms with Gasteiger partial charge in [-0.25, -0.2) is 9.97 Å². The number of hydrogen-bond donors (Lipinski definition) is 0. The molecule has 2 aromatic rings. The highest BCUT2D eigenvalue weighted by molar-refractivity contribution is 9.10. The fourth-order valence-corrected chi connectivity index (χ4v) is 2.68. The molecule has 0 saturated carbocycles. The maximum absolute atomic E-state index is 6.01. The molecule has 1 saturated heterocycles. The fourth-order valence-electron chi connectivity index (χ4n) is 2.33. The Morgan fingerprint density at radius 1 is 1.29 bits per heavy atom. The lowest BCUT2D eigenvalue weighted by Crippen LogP contribution is -2.25. The second-order valence-corrected chi connectivity index (χ2v) is 5.52. The van der Waals surface area contributed by atoms with Crippen LogP contribution in [-0.4, -0.2) is 41.3 Å². The molecule has 0 amide bonds. The number of nitrogens with zero attached hydrogens (tertiary/aromatic N) is 4. The van der Waals surface area contributed by atoms with Gasteiger partial charge in [-0.2, -0.15) is 0 Å². The Hall–Kier alpha value is -1.89. The fraction of sp³-hybridized carbons (Fsp3) is 0.357. The molecule has 1 aliphatic heterocycles. The Kier molecular flexibility index (Phi) is 4.19. The van der Waals surface area contributed by atoms with Crippen LogP contribution in [0, 0.1) is 0 Å². The molecule has 0 radical (unpaired) electrons. The van der Waals surface area contributed by atoms with Crippen LogP contribution < -0.4 is 14.4 Å². The number of pyridine rings is 1. The topological polar surface area (TPSA) is 60.4 Å². The van der Waals surface area contributed by atoms with Gasteiger partial charge in [0, 0.05) is 37.8 Å². The van der Waals surface area contributed by atoms with Crippen LogP contribution in [0.15, 0.2) is 35.3 Å². The average molecular weight is 351 g/mol. The van der Waals surface area contributed by atoms with Crippen LogP contribution in [0.1, 0.15) is 6.42 Å². The summed E-state index contributed by atoms with van der Waals surface area (Å²) in [5.74, 6) is 2.12. The van der Waals surface area contributed by atoms with Crippen LogP contribution in [0.2, 0.25) is 0 Å². The largest absolute Gasteiger partial charge is 0.487 e. The van der Waals surface area contributed by atoms with Gasteiger partial charge in [0.2, 0.25) is 0 Å². The first-order valence-corrected chi connectivity index (χ1v) is 7.43. The quantitative estimate of drug-likeness (QED) is 0.843. The molecular weight excluding hydrogens is 336 g/mol. The lowest BCUT2D eigenvalue weighted by atomic mass is 10.3. The number of methoxy groups -OCH3 is 1. The van der Waals surface area contributed by atoms with E-state index in [1.807, 2.05) is 6.07 Å². The second kappa shape index (κ2) is 6.26. The molecule has 21 heavy (non-hydrogen) atoms. The van der Waals surface area contributed by atoms with E-state index >= 15 is 0 Å². The molecule has 0 aromatic carbocycles. The molecule has 1 aliphatic rings. The van der Waals surface area contributed by atoms with E-state index in [2.05, 4.69) is 35.8 Å². The van der Waals surface area contributed by atoms with Crippen LogP contribution in [0.25, 0.3) is 0 Å². The van der Waals surface area contributed by atoms with Gasteiger partial charge in [-0.1, -0.05) is 0 Å². The smallest absolute Gasteiger partial charge is 0.257 e. The number of ether oxygens (including phenoxy) is 2. The highest BCUT2D eigenvalue weighted by Gasteiger charge is 2.27. The zero-order valence-electron chi connectivity index (χ0n) is 11.6. The van der Waals surface area contributed by atoms with Crippen molar-refractivity contribution in [3.8, 4) is 11.6 Å². The summed E-state index contributed by atoms with van der Waals surface area (Å²) in [6.45, 7) is 1.62. The maximum atomic E-state index is 6.01. The average Bonchev–Trinajstić information content (AvgIpc) is 2.98. The standard InChI is InChI=1S/C14H15BrN4O2/c1-20-14-13(17-5-6-18-14)19-7-3-10(9-19)21-12-2-4-16-8-11(12)15/h2,4-6,8,10H,3,7,9H2,1H3. The summed E-state index contributed by atoms with van der Waals surface area (Å²) in [5, 5.41) is 0. The first-order valence-electron chi connectivity index (χ1n) is 6.64. The van der Waals surface area contributed by atoms with Crippen LogP contribution in [0.4, 0.5) is 5.82 Å². The van der Waals surface area contributed by atoms with Crippen molar-refractivity contribution in [3.63, 3.8) is 0 Å². The van der Waals surface area contributed by atoms with Crippen LogP contribution in [0.5, 0.6) is 11.6 Å². The van der Waals surface area contributed by atoms with E-state index in [1.165, 1.54) is 0 Å². The minimum Gasteiger partial charge on any atom is -0.487 e. The van der Waals surface area contributed by atoms with Gasteiger partial charge in [0.05, 0.1) is 18.1 Å². The molecule has 7 heteroatoms. The molecule has 1 fully saturated rings. The van der Waals surface area contributed by atoms with Crippen molar-refractivity contribution in [3.05, 3.63) is 35.3 Å². The lowest BCUT2D eigenvalue weighted by Gasteiger charge is -2.19. The summed E-state index contributed by atoms with van der Waals surface area (Å²) in [4.78, 5) is 14.7. The van der Waals surface area contributed by atoms with Crippen LogP contribution >= 0.6 is 15.9 Å². The number of aromatic nitrogens is 3. The Balaban J connectivity index is 1.70. The van der Waals surface area contributed by atoms with Gasteiger partial charge in [0.1, 0.15) is 11.9 Å². The number of anilines is 1. The van der Waals surface area contributed by atoms with E-state index < -0.39 is 0 Å². The van der Waals surface area contributed by atoms with Crippen molar-refractivity contribution < 1.29 is 9.47 Å². The predicted octanol–water partition coefficient (Wildman–Crippen LogP) is 2.30. The van der Waals surface area contributed by atoms with Gasteiger partial charge in [0.25, 0.3) is 5.88 Å². The number of halogens is 1. The van der Waals surface area contributed by atoms with Gasteiger partial charge in [-0.05, 0) is 22.0 Å². The molecule has 1 atom stereocenters. The van der Waals surface area contributed by atoms with E-state index in [4.69, 9.17) is 9.47 Å². The van der Waals surface area contributed by atoms with Gasteiger partial charge in [0.15, 0.2) is 5.82 Å². The monoisotopic (exact) mass is 350 g/mol. The maximum Gasteiger partial charge on any atom is 0.257 e. The predicted molar refractivity (Wildman–Crippen MR) is 81.8 cm³/mol. The summed E-state index contributed by atoms with van der Waals surface area (Å²) < 4.78 is 12.1. The minimum absolute atomic E-state index is 0.107. The molecule has 3 heterocycles. The molecular formula is C14H15BrN4O2. The van der Waals surface area contributed by atoms with Crippen molar-refractivity contribution in [1.82, 2.24) is 15.0 Å². The Morgan fingerprint density at radius 3 is 2.95 bits per heavy atom. The summed E-state index contributed by atoms with van der Waals surface area (Å²) >= 11 is 3.44. The summed E-state index contributed by atoms with van der Waals surface area (Å²) in [6.07, 6.45) is 7.78. The number of rotatable bonds is 4. The highest BCUT2D eigenvalue weighted by atomic mass is 79.9. The summed E-state index contributed by atoms with van der Waals surface area (Å²) in [6, 6.07) is 1.86. The van der Waals surface area contributed by atoms with Crippen molar-refractivity contribution >= 4 is 21.7 Å². The molecule has 6 nitrogen and oxygen atoms in total. The van der Waals surface area contributed by atoms with Gasteiger partial charge in [-0.15, -0.1) is 0 Å². The Bertz CT molecular complexity index is 625. The summed E-state index contributed by atoms with van der Waals surface area (Å²) in [5.41, 5.74) is 0. The molecule has 0 N–H and O–H groups in total. The molecule has 0 spiro atoms. The third-order valence-corrected chi connectivity index (χ3v) is 3.91. The van der Waals surface area contributed by atoms with E-state index in [1.54, 1.807) is 31.9 Å². The third-order valence-electron chi connectivity index (χ3n) is 3.31. The minimum atomic E-state index is 0.107.